The van der Waals surface area contributed by atoms with Crippen molar-refractivity contribution in [3.8, 4) is 0 Å². The number of rotatable bonds is 5. The van der Waals surface area contributed by atoms with E-state index in [-0.39, 0.29) is 29.3 Å². The predicted molar refractivity (Wildman–Crippen MR) is 104 cm³/mol. The van der Waals surface area contributed by atoms with Gasteiger partial charge in [-0.15, -0.1) is 0 Å². The minimum atomic E-state index is -1.12. The van der Waals surface area contributed by atoms with Gasteiger partial charge in [-0.25, -0.2) is 0 Å². The second-order valence-electron chi connectivity index (χ2n) is 6.17. The van der Waals surface area contributed by atoms with Crippen molar-refractivity contribution in [3.05, 3.63) is 75.3 Å². The molecule has 28 heavy (non-hydrogen) atoms. The van der Waals surface area contributed by atoms with Crippen molar-refractivity contribution in [1.29, 1.82) is 0 Å². The van der Waals surface area contributed by atoms with E-state index in [1.807, 2.05) is 0 Å². The van der Waals surface area contributed by atoms with Crippen LogP contribution in [-0.4, -0.2) is 39.3 Å². The lowest BCUT2D eigenvalue weighted by atomic mass is 9.95. The Morgan fingerprint density at radius 1 is 1.04 bits per heavy atom. The van der Waals surface area contributed by atoms with Crippen LogP contribution in [0.5, 0.6) is 0 Å². The van der Waals surface area contributed by atoms with Gasteiger partial charge >= 0.3 is 5.97 Å². The van der Waals surface area contributed by atoms with Crippen molar-refractivity contribution in [2.75, 3.05) is 6.54 Å². The van der Waals surface area contributed by atoms with Crippen LogP contribution in [0, 0.1) is 0 Å². The molecule has 0 saturated carbocycles. The van der Waals surface area contributed by atoms with Crippen LogP contribution in [0.3, 0.4) is 0 Å². The fourth-order valence-corrected chi connectivity index (χ4v) is 3.64. The zero-order valence-corrected chi connectivity index (χ0v) is 15.9. The first kappa shape index (κ1) is 19.9. The quantitative estimate of drug-likeness (QED) is 0.435. The minimum absolute atomic E-state index is 0.147. The van der Waals surface area contributed by atoms with Crippen LogP contribution >= 0.6 is 23.2 Å². The number of hydrogen-bond donors (Lipinski definition) is 2. The fourth-order valence-electron chi connectivity index (χ4n) is 3.12. The Morgan fingerprint density at radius 3 is 2.32 bits per heavy atom. The van der Waals surface area contributed by atoms with Gasteiger partial charge in [0.2, 0.25) is 0 Å². The van der Waals surface area contributed by atoms with E-state index in [0.29, 0.717) is 16.1 Å². The molecule has 1 atom stereocenters. The number of carboxylic acids is 1. The molecule has 1 aliphatic heterocycles. The van der Waals surface area contributed by atoms with Gasteiger partial charge in [-0.3, -0.25) is 14.4 Å². The molecule has 0 spiro atoms. The third kappa shape index (κ3) is 3.74. The Hall–Kier alpha value is -2.83. The van der Waals surface area contributed by atoms with Crippen molar-refractivity contribution in [3.63, 3.8) is 0 Å². The molecule has 3 rings (SSSR count). The molecule has 0 bridgehead atoms. The first-order valence-electron chi connectivity index (χ1n) is 8.32. The number of carboxylic acid groups (broad SMARTS) is 1. The monoisotopic (exact) mass is 419 g/mol. The largest absolute Gasteiger partial charge is 0.507 e. The van der Waals surface area contributed by atoms with Gasteiger partial charge in [-0.1, -0.05) is 59.6 Å². The summed E-state index contributed by atoms with van der Waals surface area (Å²) in [6.45, 7) is -0.213. The summed E-state index contributed by atoms with van der Waals surface area (Å²) in [5, 5.41) is 20.3. The van der Waals surface area contributed by atoms with Gasteiger partial charge in [-0.05, 0) is 17.7 Å². The van der Waals surface area contributed by atoms with Crippen LogP contribution in [0.25, 0.3) is 5.76 Å². The van der Waals surface area contributed by atoms with Crippen LogP contribution in [0.15, 0.2) is 54.1 Å². The number of carbonyl (C=O) groups is 3. The average molecular weight is 420 g/mol. The summed E-state index contributed by atoms with van der Waals surface area (Å²) in [4.78, 5) is 37.4. The number of carbonyl (C=O) groups excluding carboxylic acids is 2. The molecule has 1 aliphatic rings. The Labute approximate surface area is 170 Å². The van der Waals surface area contributed by atoms with Gasteiger partial charge in [0.15, 0.2) is 0 Å². The topological polar surface area (TPSA) is 94.9 Å². The molecule has 1 saturated heterocycles. The van der Waals surface area contributed by atoms with E-state index >= 15 is 0 Å². The lowest BCUT2D eigenvalue weighted by molar-refractivity contribution is -0.142. The molecule has 1 amide bonds. The number of Topliss-reactive ketones (excluding diaryl/α,β-unsaturated/α-hetero) is 1. The highest BCUT2D eigenvalue weighted by atomic mass is 35.5. The Bertz CT molecular complexity index is 987. The maximum Gasteiger partial charge on any atom is 0.305 e. The van der Waals surface area contributed by atoms with E-state index in [4.69, 9.17) is 28.3 Å². The third-order valence-electron chi connectivity index (χ3n) is 4.41. The molecule has 144 valence electrons. The zero-order valence-electron chi connectivity index (χ0n) is 14.4. The van der Waals surface area contributed by atoms with E-state index in [1.165, 1.54) is 6.07 Å². The van der Waals surface area contributed by atoms with Crippen LogP contribution < -0.4 is 0 Å². The smallest absolute Gasteiger partial charge is 0.305 e. The van der Waals surface area contributed by atoms with Gasteiger partial charge in [0.05, 0.1) is 18.0 Å². The summed E-state index contributed by atoms with van der Waals surface area (Å²) in [6, 6.07) is 11.8. The van der Waals surface area contributed by atoms with E-state index < -0.39 is 23.7 Å². The molecule has 0 radical (unpaired) electrons. The van der Waals surface area contributed by atoms with Crippen LogP contribution in [0.1, 0.15) is 23.6 Å². The molecule has 2 N–H and O–H groups in total. The summed E-state index contributed by atoms with van der Waals surface area (Å²) < 4.78 is 0. The van der Waals surface area contributed by atoms with Crippen LogP contribution in [-0.2, 0) is 14.4 Å². The SMILES string of the molecule is O=C(O)CCN1C(=O)C(=O)C(=C(O)c2ccccc2)[C@H]1c1ccc(Cl)cc1Cl. The van der Waals surface area contributed by atoms with Gasteiger partial charge < -0.3 is 15.1 Å². The van der Waals surface area contributed by atoms with Crippen LogP contribution in [0.2, 0.25) is 10.0 Å². The summed E-state index contributed by atoms with van der Waals surface area (Å²) >= 11 is 12.2. The maximum atomic E-state index is 12.7. The number of amides is 1. The number of hydrogen-bond acceptors (Lipinski definition) is 4. The molecule has 0 unspecified atom stereocenters. The number of ketones is 1. The second kappa shape index (κ2) is 8.04. The molecule has 1 heterocycles. The summed E-state index contributed by atoms with van der Waals surface area (Å²) in [5.41, 5.74) is 0.577. The molecule has 0 aromatic heterocycles. The maximum absolute atomic E-state index is 12.7. The minimum Gasteiger partial charge on any atom is -0.507 e. The lowest BCUT2D eigenvalue weighted by Gasteiger charge is -2.25. The van der Waals surface area contributed by atoms with Crippen LogP contribution in [0.4, 0.5) is 0 Å². The van der Waals surface area contributed by atoms with E-state index in [0.717, 1.165) is 4.90 Å². The van der Waals surface area contributed by atoms with Crippen molar-refractivity contribution < 1.29 is 24.6 Å². The average Bonchev–Trinajstić information content (AvgIpc) is 2.91. The van der Waals surface area contributed by atoms with Gasteiger partial charge in [-0.2, -0.15) is 0 Å². The van der Waals surface area contributed by atoms with Gasteiger partial charge in [0, 0.05) is 22.2 Å². The highest BCUT2D eigenvalue weighted by molar-refractivity contribution is 6.47. The third-order valence-corrected chi connectivity index (χ3v) is 4.97. The summed E-state index contributed by atoms with van der Waals surface area (Å²) in [6.07, 6.45) is -0.361. The first-order valence-corrected chi connectivity index (χ1v) is 9.07. The molecule has 2 aromatic rings. The highest BCUT2D eigenvalue weighted by Gasteiger charge is 2.46. The Kier molecular flexibility index (Phi) is 5.72. The molecule has 2 aromatic carbocycles. The van der Waals surface area contributed by atoms with Gasteiger partial charge in [0.25, 0.3) is 11.7 Å². The molecule has 6 nitrogen and oxygen atoms in total. The van der Waals surface area contributed by atoms with E-state index in [9.17, 15) is 19.5 Å². The van der Waals surface area contributed by atoms with E-state index in [1.54, 1.807) is 42.5 Å². The number of nitrogens with zero attached hydrogens (tertiary/aromatic N) is 1. The molecule has 0 aliphatic carbocycles. The standard InChI is InChI=1S/C20H15Cl2NO5/c21-12-6-7-13(14(22)10-12)17-16(18(26)11-4-2-1-3-5-11)19(27)20(28)23(17)9-8-15(24)25/h1-7,10,17,26H,8-9H2,(H,24,25)/t17-/m1/s1. The first-order chi connectivity index (χ1) is 13.3. The number of halogens is 2. The highest BCUT2D eigenvalue weighted by Crippen LogP contribution is 2.42. The van der Waals surface area contributed by atoms with Crippen molar-refractivity contribution in [1.82, 2.24) is 4.90 Å². The number of likely N-dealkylation sites (tertiary alicyclic amines) is 1. The van der Waals surface area contributed by atoms with Gasteiger partial charge in [0.1, 0.15) is 5.76 Å². The number of benzene rings is 2. The molecule has 8 heteroatoms. The normalized spacial score (nSPS) is 18.5. The van der Waals surface area contributed by atoms with Crippen molar-refractivity contribution in [2.24, 2.45) is 0 Å². The van der Waals surface area contributed by atoms with Crippen molar-refractivity contribution in [2.45, 2.75) is 12.5 Å². The molecule has 1 fully saturated rings. The summed E-state index contributed by atoms with van der Waals surface area (Å²) in [5.74, 6) is -3.27. The second-order valence-corrected chi connectivity index (χ2v) is 7.01. The molecular formula is C20H15Cl2NO5. The number of aliphatic carboxylic acids is 1. The zero-order chi connectivity index (χ0) is 20.4. The van der Waals surface area contributed by atoms with Crippen molar-refractivity contribution >= 4 is 46.6 Å². The Balaban J connectivity index is 2.19. The lowest BCUT2D eigenvalue weighted by Crippen LogP contribution is -2.32. The number of aliphatic hydroxyl groups excluding tert-OH is 1. The predicted octanol–water partition coefficient (Wildman–Crippen LogP) is 3.89. The molecular weight excluding hydrogens is 405 g/mol. The Morgan fingerprint density at radius 2 is 1.71 bits per heavy atom. The number of aliphatic hydroxyl groups is 1. The summed E-state index contributed by atoms with van der Waals surface area (Å²) in [7, 11) is 0. The van der Waals surface area contributed by atoms with E-state index in [2.05, 4.69) is 0 Å². The fraction of sp³-hybridized carbons (Fsp3) is 0.150.